The van der Waals surface area contributed by atoms with E-state index in [0.717, 1.165) is 11.4 Å². The Labute approximate surface area is 138 Å². The first-order chi connectivity index (χ1) is 11.7. The third-order valence-electron chi connectivity index (χ3n) is 3.11. The fraction of sp³-hybridized carbons (Fsp3) is 0.118. The van der Waals surface area contributed by atoms with Crippen LogP contribution >= 0.6 is 0 Å². The van der Waals surface area contributed by atoms with Gasteiger partial charge in [0.1, 0.15) is 11.6 Å². The first kappa shape index (κ1) is 15.7. The van der Waals surface area contributed by atoms with Gasteiger partial charge < -0.3 is 15.4 Å². The smallest absolute Gasteiger partial charge is 0.249 e. The molecular formula is C17H16FN5O. The average Bonchev–Trinajstić information content (AvgIpc) is 2.59. The minimum Gasteiger partial charge on any atom is -0.492 e. The molecule has 122 valence electrons. The minimum atomic E-state index is -0.303. The molecule has 7 heteroatoms. The largest absolute Gasteiger partial charge is 0.492 e. The van der Waals surface area contributed by atoms with Crippen LogP contribution in [0.4, 0.5) is 27.5 Å². The topological polar surface area (TPSA) is 72.0 Å². The van der Waals surface area contributed by atoms with Crippen LogP contribution in [0.1, 0.15) is 6.92 Å². The van der Waals surface area contributed by atoms with Crippen LogP contribution in [0.25, 0.3) is 0 Å². The van der Waals surface area contributed by atoms with Crippen LogP contribution in [-0.4, -0.2) is 21.8 Å². The molecule has 3 rings (SSSR count). The molecule has 1 heterocycles. The van der Waals surface area contributed by atoms with Gasteiger partial charge >= 0.3 is 0 Å². The monoisotopic (exact) mass is 325 g/mol. The molecule has 0 spiro atoms. The van der Waals surface area contributed by atoms with Crippen molar-refractivity contribution < 1.29 is 9.13 Å². The lowest BCUT2D eigenvalue weighted by molar-refractivity contribution is 0.342. The molecule has 1 aromatic heterocycles. The number of nitrogens with one attached hydrogen (secondary N) is 2. The number of hydrogen-bond acceptors (Lipinski definition) is 6. The van der Waals surface area contributed by atoms with Gasteiger partial charge in [-0.1, -0.05) is 12.1 Å². The van der Waals surface area contributed by atoms with Gasteiger partial charge in [0, 0.05) is 5.69 Å². The SMILES string of the molecule is CCOc1ccccc1Nc1cnnc(Nc2ccc(F)cc2)n1. The van der Waals surface area contributed by atoms with Crippen molar-refractivity contribution in [3.05, 3.63) is 60.5 Å². The van der Waals surface area contributed by atoms with Gasteiger partial charge in [-0.2, -0.15) is 10.1 Å². The van der Waals surface area contributed by atoms with Gasteiger partial charge in [-0.25, -0.2) is 4.39 Å². The molecule has 24 heavy (non-hydrogen) atoms. The van der Waals surface area contributed by atoms with Crippen molar-refractivity contribution in [2.24, 2.45) is 0 Å². The van der Waals surface area contributed by atoms with Crippen LogP contribution in [0.2, 0.25) is 0 Å². The predicted molar refractivity (Wildman–Crippen MR) is 90.4 cm³/mol. The van der Waals surface area contributed by atoms with Crippen LogP contribution in [0, 0.1) is 5.82 Å². The number of para-hydroxylation sites is 2. The third kappa shape index (κ3) is 3.95. The predicted octanol–water partition coefficient (Wildman–Crippen LogP) is 3.90. The highest BCUT2D eigenvalue weighted by Crippen LogP contribution is 2.26. The van der Waals surface area contributed by atoms with Crippen LogP contribution in [0.5, 0.6) is 5.75 Å². The molecule has 2 aromatic carbocycles. The summed E-state index contributed by atoms with van der Waals surface area (Å²) in [7, 11) is 0. The molecule has 6 nitrogen and oxygen atoms in total. The number of nitrogens with zero attached hydrogens (tertiary/aromatic N) is 3. The number of anilines is 4. The average molecular weight is 325 g/mol. The number of halogens is 1. The lowest BCUT2D eigenvalue weighted by Gasteiger charge is -2.12. The summed E-state index contributed by atoms with van der Waals surface area (Å²) >= 11 is 0. The Balaban J connectivity index is 1.77. The van der Waals surface area contributed by atoms with Crippen LogP contribution in [0.15, 0.2) is 54.7 Å². The molecule has 0 aliphatic heterocycles. The van der Waals surface area contributed by atoms with Crippen LogP contribution in [0.3, 0.4) is 0 Å². The summed E-state index contributed by atoms with van der Waals surface area (Å²) in [5.41, 5.74) is 1.46. The minimum absolute atomic E-state index is 0.303. The first-order valence-electron chi connectivity index (χ1n) is 7.46. The molecule has 2 N–H and O–H groups in total. The van der Waals surface area contributed by atoms with E-state index in [4.69, 9.17) is 4.74 Å². The summed E-state index contributed by atoms with van der Waals surface area (Å²) in [6.07, 6.45) is 1.51. The van der Waals surface area contributed by atoms with Crippen molar-refractivity contribution in [2.75, 3.05) is 17.2 Å². The number of hydrogen-bond donors (Lipinski definition) is 2. The molecule has 0 atom stereocenters. The van der Waals surface area contributed by atoms with E-state index in [9.17, 15) is 4.39 Å². The van der Waals surface area contributed by atoms with Gasteiger partial charge in [0.05, 0.1) is 18.5 Å². The van der Waals surface area contributed by atoms with Crippen molar-refractivity contribution in [3.63, 3.8) is 0 Å². The summed E-state index contributed by atoms with van der Waals surface area (Å²) in [5.74, 6) is 1.25. The van der Waals surface area contributed by atoms with E-state index < -0.39 is 0 Å². The molecule has 0 saturated heterocycles. The number of ether oxygens (including phenoxy) is 1. The second-order valence-corrected chi connectivity index (χ2v) is 4.85. The molecule has 0 aliphatic rings. The Kier molecular flexibility index (Phi) is 4.81. The van der Waals surface area contributed by atoms with Crippen LogP contribution < -0.4 is 15.4 Å². The van der Waals surface area contributed by atoms with Gasteiger partial charge in [-0.05, 0) is 43.3 Å². The van der Waals surface area contributed by atoms with E-state index in [1.54, 1.807) is 12.1 Å². The Hall–Kier alpha value is -3.22. The molecule has 0 unspecified atom stereocenters. The lowest BCUT2D eigenvalue weighted by atomic mass is 10.3. The molecular weight excluding hydrogens is 309 g/mol. The Bertz CT molecular complexity index is 810. The van der Waals surface area contributed by atoms with Gasteiger partial charge in [-0.15, -0.1) is 5.10 Å². The van der Waals surface area contributed by atoms with E-state index in [-0.39, 0.29) is 5.82 Å². The molecule has 0 aliphatic carbocycles. The number of benzene rings is 2. The Morgan fingerprint density at radius 1 is 1.04 bits per heavy atom. The molecule has 0 fully saturated rings. The molecule has 0 amide bonds. The van der Waals surface area contributed by atoms with Crippen molar-refractivity contribution >= 4 is 23.1 Å². The van der Waals surface area contributed by atoms with Crippen molar-refractivity contribution in [2.45, 2.75) is 6.92 Å². The summed E-state index contributed by atoms with van der Waals surface area (Å²) in [4.78, 5) is 4.34. The van der Waals surface area contributed by atoms with Crippen molar-refractivity contribution in [1.82, 2.24) is 15.2 Å². The Morgan fingerprint density at radius 2 is 1.83 bits per heavy atom. The summed E-state index contributed by atoms with van der Waals surface area (Å²) < 4.78 is 18.5. The van der Waals surface area contributed by atoms with Gasteiger partial charge in [-0.3, -0.25) is 0 Å². The third-order valence-corrected chi connectivity index (χ3v) is 3.11. The molecule has 0 bridgehead atoms. The summed E-state index contributed by atoms with van der Waals surface area (Å²) in [6, 6.07) is 13.5. The summed E-state index contributed by atoms with van der Waals surface area (Å²) in [6.45, 7) is 2.49. The standard InChI is InChI=1S/C17H16FN5O/c1-2-24-15-6-4-3-5-14(15)21-16-11-19-23-17(22-16)20-13-9-7-12(18)8-10-13/h3-11H,2H2,1H3,(H2,20,21,22,23). The zero-order chi connectivity index (χ0) is 16.8. The van der Waals surface area contributed by atoms with E-state index in [2.05, 4.69) is 25.8 Å². The van der Waals surface area contributed by atoms with E-state index in [1.165, 1.54) is 18.3 Å². The number of aromatic nitrogens is 3. The fourth-order valence-electron chi connectivity index (χ4n) is 2.07. The maximum absolute atomic E-state index is 12.9. The Morgan fingerprint density at radius 3 is 2.62 bits per heavy atom. The second-order valence-electron chi connectivity index (χ2n) is 4.85. The molecule has 0 saturated carbocycles. The van der Waals surface area contributed by atoms with Crippen molar-refractivity contribution in [1.29, 1.82) is 0 Å². The van der Waals surface area contributed by atoms with Crippen molar-refractivity contribution in [3.8, 4) is 5.75 Å². The number of rotatable bonds is 6. The normalized spacial score (nSPS) is 10.2. The highest BCUT2D eigenvalue weighted by molar-refractivity contribution is 5.64. The van der Waals surface area contributed by atoms with Crippen LogP contribution in [-0.2, 0) is 0 Å². The van der Waals surface area contributed by atoms with E-state index in [0.29, 0.717) is 24.1 Å². The molecule has 0 radical (unpaired) electrons. The van der Waals surface area contributed by atoms with Gasteiger partial charge in [0.2, 0.25) is 5.95 Å². The maximum Gasteiger partial charge on any atom is 0.249 e. The fourth-order valence-corrected chi connectivity index (χ4v) is 2.07. The highest BCUT2D eigenvalue weighted by atomic mass is 19.1. The highest BCUT2D eigenvalue weighted by Gasteiger charge is 2.06. The zero-order valence-electron chi connectivity index (χ0n) is 13.0. The molecule has 3 aromatic rings. The summed E-state index contributed by atoms with van der Waals surface area (Å²) in [5, 5.41) is 14.0. The first-order valence-corrected chi connectivity index (χ1v) is 7.46. The van der Waals surface area contributed by atoms with E-state index >= 15 is 0 Å². The van der Waals surface area contributed by atoms with Gasteiger partial charge in [0.25, 0.3) is 0 Å². The zero-order valence-corrected chi connectivity index (χ0v) is 13.0. The quantitative estimate of drug-likeness (QED) is 0.716. The maximum atomic E-state index is 12.9. The second kappa shape index (κ2) is 7.36. The van der Waals surface area contributed by atoms with E-state index in [1.807, 2.05) is 31.2 Å². The lowest BCUT2D eigenvalue weighted by Crippen LogP contribution is -2.03. The van der Waals surface area contributed by atoms with Gasteiger partial charge in [0.15, 0.2) is 5.82 Å².